The summed E-state index contributed by atoms with van der Waals surface area (Å²) in [7, 11) is 0. The minimum Gasteiger partial charge on any atom is -0.477 e. The molecular weight excluding hydrogens is 394 g/mol. The summed E-state index contributed by atoms with van der Waals surface area (Å²) in [4.78, 5) is 24.3. The van der Waals surface area contributed by atoms with E-state index in [9.17, 15) is 23.5 Å². The maximum atomic E-state index is 13.4. The molecule has 1 fully saturated rings. The summed E-state index contributed by atoms with van der Waals surface area (Å²) in [5.41, 5.74) is 2.49. The number of hydrogen-bond donors (Lipinski definition) is 2. The number of benzene rings is 2. The van der Waals surface area contributed by atoms with E-state index in [1.807, 2.05) is 18.2 Å². The minimum absolute atomic E-state index is 0.0503. The van der Waals surface area contributed by atoms with E-state index in [4.69, 9.17) is 4.74 Å². The Hall–Kier alpha value is -3.26. The highest BCUT2D eigenvalue weighted by molar-refractivity contribution is 5.97. The predicted molar refractivity (Wildman–Crippen MR) is 106 cm³/mol. The van der Waals surface area contributed by atoms with E-state index in [0.717, 1.165) is 30.5 Å². The van der Waals surface area contributed by atoms with Crippen LogP contribution in [-0.2, 0) is 13.1 Å². The quantitative estimate of drug-likeness (QED) is 0.664. The average Bonchev–Trinajstić information content (AvgIpc) is 3.44. The molecule has 0 amide bonds. The molecule has 30 heavy (non-hydrogen) atoms. The van der Waals surface area contributed by atoms with Crippen LogP contribution < -0.4 is 15.5 Å². The third kappa shape index (κ3) is 3.04. The SMILES string of the molecule is O=C(O)c1cn(C2CC2)c2c(OC(F)F)c(-c3ccc4c(c3)CNC4)ccc2c1=O. The Kier molecular flexibility index (Phi) is 4.32. The van der Waals surface area contributed by atoms with E-state index < -0.39 is 18.0 Å². The van der Waals surface area contributed by atoms with Crippen LogP contribution in [0.25, 0.3) is 22.0 Å². The summed E-state index contributed by atoms with van der Waals surface area (Å²) in [5.74, 6) is -1.45. The Labute approximate surface area is 169 Å². The number of ether oxygens (including phenoxy) is 1. The summed E-state index contributed by atoms with van der Waals surface area (Å²) >= 11 is 0. The number of hydrogen-bond acceptors (Lipinski definition) is 4. The molecule has 2 heterocycles. The van der Waals surface area contributed by atoms with Gasteiger partial charge < -0.3 is 19.7 Å². The van der Waals surface area contributed by atoms with Crippen molar-refractivity contribution in [1.82, 2.24) is 9.88 Å². The van der Waals surface area contributed by atoms with Gasteiger partial charge >= 0.3 is 12.6 Å². The Morgan fingerprint density at radius 2 is 1.93 bits per heavy atom. The van der Waals surface area contributed by atoms with E-state index in [1.54, 1.807) is 10.6 Å². The molecule has 0 saturated heterocycles. The molecule has 8 heteroatoms. The highest BCUT2D eigenvalue weighted by Crippen LogP contribution is 2.43. The normalized spacial score (nSPS) is 15.6. The maximum absolute atomic E-state index is 13.4. The molecular formula is C22H18F2N2O4. The molecule has 2 N–H and O–H groups in total. The topological polar surface area (TPSA) is 80.6 Å². The van der Waals surface area contributed by atoms with Crippen molar-refractivity contribution in [1.29, 1.82) is 0 Å². The van der Waals surface area contributed by atoms with Crippen LogP contribution in [0.1, 0.15) is 40.4 Å². The van der Waals surface area contributed by atoms with Crippen molar-refractivity contribution in [3.8, 4) is 16.9 Å². The van der Waals surface area contributed by atoms with E-state index >= 15 is 0 Å². The first-order valence-corrected chi connectivity index (χ1v) is 9.67. The highest BCUT2D eigenvalue weighted by Gasteiger charge is 2.30. The van der Waals surface area contributed by atoms with Crippen molar-refractivity contribution < 1.29 is 23.4 Å². The van der Waals surface area contributed by atoms with E-state index in [-0.39, 0.29) is 28.3 Å². The highest BCUT2D eigenvalue weighted by atomic mass is 19.3. The molecule has 1 aliphatic carbocycles. The van der Waals surface area contributed by atoms with Crippen LogP contribution in [0.2, 0.25) is 0 Å². The number of nitrogens with one attached hydrogen (secondary N) is 1. The molecule has 2 aromatic carbocycles. The number of aromatic carboxylic acids is 1. The zero-order valence-electron chi connectivity index (χ0n) is 15.8. The lowest BCUT2D eigenvalue weighted by molar-refractivity contribution is -0.0486. The lowest BCUT2D eigenvalue weighted by Crippen LogP contribution is -2.19. The molecule has 0 unspecified atom stereocenters. The molecule has 1 saturated carbocycles. The van der Waals surface area contributed by atoms with Crippen molar-refractivity contribution >= 4 is 16.9 Å². The van der Waals surface area contributed by atoms with Gasteiger partial charge in [-0.15, -0.1) is 0 Å². The van der Waals surface area contributed by atoms with Gasteiger partial charge in [0, 0.05) is 30.9 Å². The molecule has 0 spiro atoms. The Morgan fingerprint density at radius 1 is 1.17 bits per heavy atom. The van der Waals surface area contributed by atoms with Crippen molar-refractivity contribution in [3.63, 3.8) is 0 Å². The monoisotopic (exact) mass is 412 g/mol. The number of halogens is 2. The fraction of sp³-hybridized carbons (Fsp3) is 0.273. The third-order valence-electron chi connectivity index (χ3n) is 5.67. The smallest absolute Gasteiger partial charge is 0.387 e. The van der Waals surface area contributed by atoms with Gasteiger partial charge in [0.15, 0.2) is 5.75 Å². The molecule has 2 aliphatic rings. The number of nitrogens with zero attached hydrogens (tertiary/aromatic N) is 1. The lowest BCUT2D eigenvalue weighted by atomic mass is 9.97. The van der Waals surface area contributed by atoms with Gasteiger partial charge in [-0.25, -0.2) is 4.79 Å². The maximum Gasteiger partial charge on any atom is 0.387 e. The fourth-order valence-corrected chi connectivity index (χ4v) is 4.11. The molecule has 1 aromatic heterocycles. The van der Waals surface area contributed by atoms with Crippen LogP contribution in [0, 0.1) is 0 Å². The minimum atomic E-state index is -3.09. The first kappa shape index (κ1) is 18.7. The standard InChI is InChI=1S/C22H18F2N2O4/c23-22(24)30-20-15(11-1-2-12-8-25-9-13(12)7-11)5-6-16-18(20)26(14-3-4-14)10-17(19(16)27)21(28)29/h1-2,5-7,10,14,22,25H,3-4,8-9H2,(H,28,29). The number of alkyl halides is 2. The van der Waals surface area contributed by atoms with Gasteiger partial charge in [0.25, 0.3) is 0 Å². The second-order valence-corrected chi connectivity index (χ2v) is 7.62. The van der Waals surface area contributed by atoms with Crippen LogP contribution in [0.5, 0.6) is 5.75 Å². The largest absolute Gasteiger partial charge is 0.477 e. The average molecular weight is 412 g/mol. The number of aromatic nitrogens is 1. The van der Waals surface area contributed by atoms with Crippen LogP contribution in [-0.4, -0.2) is 22.3 Å². The molecule has 5 rings (SSSR count). The summed E-state index contributed by atoms with van der Waals surface area (Å²) in [6, 6.07) is 8.72. The van der Waals surface area contributed by atoms with Gasteiger partial charge in [-0.2, -0.15) is 8.78 Å². The van der Waals surface area contributed by atoms with Gasteiger partial charge in [0.2, 0.25) is 5.43 Å². The van der Waals surface area contributed by atoms with Crippen molar-refractivity contribution in [2.45, 2.75) is 38.6 Å². The van der Waals surface area contributed by atoms with Crippen LogP contribution in [0.15, 0.2) is 41.3 Å². The van der Waals surface area contributed by atoms with Crippen LogP contribution in [0.4, 0.5) is 8.78 Å². The zero-order valence-corrected chi connectivity index (χ0v) is 15.8. The Morgan fingerprint density at radius 3 is 2.63 bits per heavy atom. The summed E-state index contributed by atoms with van der Waals surface area (Å²) in [5, 5.41) is 12.7. The fourth-order valence-electron chi connectivity index (χ4n) is 4.11. The van der Waals surface area contributed by atoms with Gasteiger partial charge in [0.1, 0.15) is 5.56 Å². The number of fused-ring (bicyclic) bond motifs is 2. The van der Waals surface area contributed by atoms with E-state index in [2.05, 4.69) is 5.32 Å². The van der Waals surface area contributed by atoms with E-state index in [0.29, 0.717) is 17.7 Å². The zero-order chi connectivity index (χ0) is 21.0. The molecule has 0 radical (unpaired) electrons. The van der Waals surface area contributed by atoms with Crippen LogP contribution in [0.3, 0.4) is 0 Å². The first-order chi connectivity index (χ1) is 14.4. The molecule has 154 valence electrons. The van der Waals surface area contributed by atoms with E-state index in [1.165, 1.54) is 12.3 Å². The summed E-state index contributed by atoms with van der Waals surface area (Å²) in [6.45, 7) is -1.64. The van der Waals surface area contributed by atoms with Gasteiger partial charge in [-0.05, 0) is 47.7 Å². The number of carboxylic acids is 1. The van der Waals surface area contributed by atoms with Crippen LogP contribution >= 0.6 is 0 Å². The Bertz CT molecular complexity index is 1250. The third-order valence-corrected chi connectivity index (χ3v) is 5.67. The number of carbonyl (C=O) groups is 1. The number of carboxylic acid groups (broad SMARTS) is 1. The van der Waals surface area contributed by atoms with Crippen molar-refractivity contribution in [2.24, 2.45) is 0 Å². The second kappa shape index (κ2) is 6.91. The summed E-state index contributed by atoms with van der Waals surface area (Å²) < 4.78 is 33.4. The first-order valence-electron chi connectivity index (χ1n) is 9.67. The predicted octanol–water partition coefficient (Wildman–Crippen LogP) is 3.91. The number of rotatable bonds is 5. The number of pyridine rings is 1. The van der Waals surface area contributed by atoms with Crippen molar-refractivity contribution in [3.05, 3.63) is 63.4 Å². The lowest BCUT2D eigenvalue weighted by Gasteiger charge is -2.19. The molecule has 1 aliphatic heterocycles. The molecule has 0 atom stereocenters. The molecule has 0 bridgehead atoms. The van der Waals surface area contributed by atoms with Gasteiger partial charge in [-0.1, -0.05) is 12.1 Å². The van der Waals surface area contributed by atoms with Gasteiger partial charge in [-0.3, -0.25) is 4.79 Å². The second-order valence-electron chi connectivity index (χ2n) is 7.62. The molecule has 6 nitrogen and oxygen atoms in total. The van der Waals surface area contributed by atoms with Crippen molar-refractivity contribution in [2.75, 3.05) is 0 Å². The Balaban J connectivity index is 1.82. The summed E-state index contributed by atoms with van der Waals surface area (Å²) in [6.07, 6.45) is 2.80. The van der Waals surface area contributed by atoms with Gasteiger partial charge in [0.05, 0.1) is 10.9 Å². The molecule has 3 aromatic rings.